The van der Waals surface area contributed by atoms with Crippen LogP contribution in [0.2, 0.25) is 0 Å². The topological polar surface area (TPSA) is 34.1 Å². The van der Waals surface area contributed by atoms with Crippen molar-refractivity contribution in [2.45, 2.75) is 6.54 Å². The summed E-state index contributed by atoms with van der Waals surface area (Å²) in [6.45, 7) is 0.734. The molecular weight excluding hydrogens is 260 g/mol. The Kier molecular flexibility index (Phi) is 4.12. The van der Waals surface area contributed by atoms with Crippen LogP contribution in [0.3, 0.4) is 0 Å². The van der Waals surface area contributed by atoms with Crippen LogP contribution in [0.5, 0.6) is 11.5 Å². The molecule has 0 spiro atoms. The number of ether oxygens (including phenoxy) is 1. The SMILES string of the molecule is c1ccc(Oc2cccc(CNc3cccnc3)c2)cc1. The lowest BCUT2D eigenvalue weighted by molar-refractivity contribution is 0.482. The first-order chi connectivity index (χ1) is 10.4. The Labute approximate surface area is 124 Å². The lowest BCUT2D eigenvalue weighted by atomic mass is 10.2. The molecule has 1 N–H and O–H groups in total. The van der Waals surface area contributed by atoms with Crippen LogP contribution < -0.4 is 10.1 Å². The fraction of sp³-hybridized carbons (Fsp3) is 0.0556. The Morgan fingerprint density at radius 1 is 0.857 bits per heavy atom. The maximum absolute atomic E-state index is 5.83. The number of aromatic nitrogens is 1. The van der Waals surface area contributed by atoms with E-state index >= 15 is 0 Å². The van der Waals surface area contributed by atoms with E-state index in [1.54, 1.807) is 6.20 Å². The van der Waals surface area contributed by atoms with Gasteiger partial charge in [-0.25, -0.2) is 0 Å². The van der Waals surface area contributed by atoms with Gasteiger partial charge in [-0.05, 0) is 42.0 Å². The predicted octanol–water partition coefficient (Wildman–Crippen LogP) is 4.49. The highest BCUT2D eigenvalue weighted by molar-refractivity contribution is 5.41. The summed E-state index contributed by atoms with van der Waals surface area (Å²) in [7, 11) is 0. The van der Waals surface area contributed by atoms with Crippen molar-refractivity contribution < 1.29 is 4.74 Å². The Balaban J connectivity index is 1.66. The molecule has 0 aliphatic heterocycles. The summed E-state index contributed by atoms with van der Waals surface area (Å²) >= 11 is 0. The zero-order valence-corrected chi connectivity index (χ0v) is 11.6. The number of anilines is 1. The molecule has 2 aromatic carbocycles. The second kappa shape index (κ2) is 6.57. The lowest BCUT2D eigenvalue weighted by Gasteiger charge is -2.09. The highest BCUT2D eigenvalue weighted by atomic mass is 16.5. The first-order valence-corrected chi connectivity index (χ1v) is 6.86. The standard InChI is InChI=1S/C18H16N2O/c1-2-8-17(9-3-1)21-18-10-4-6-15(12-18)13-20-16-7-5-11-19-14-16/h1-12,14,20H,13H2. The average molecular weight is 276 g/mol. The van der Waals surface area contributed by atoms with E-state index in [4.69, 9.17) is 4.74 Å². The van der Waals surface area contributed by atoms with Gasteiger partial charge in [0.25, 0.3) is 0 Å². The summed E-state index contributed by atoms with van der Waals surface area (Å²) in [5.74, 6) is 1.68. The average Bonchev–Trinajstić information content (AvgIpc) is 2.55. The van der Waals surface area contributed by atoms with Crippen molar-refractivity contribution in [3.8, 4) is 11.5 Å². The minimum Gasteiger partial charge on any atom is -0.457 e. The number of benzene rings is 2. The van der Waals surface area contributed by atoms with Crippen LogP contribution in [-0.2, 0) is 6.54 Å². The van der Waals surface area contributed by atoms with Crippen molar-refractivity contribution in [3.05, 3.63) is 84.7 Å². The maximum Gasteiger partial charge on any atom is 0.127 e. The number of hydrogen-bond donors (Lipinski definition) is 1. The molecule has 104 valence electrons. The first kappa shape index (κ1) is 13.2. The molecule has 0 radical (unpaired) electrons. The second-order valence-electron chi connectivity index (χ2n) is 4.66. The third kappa shape index (κ3) is 3.83. The van der Waals surface area contributed by atoms with E-state index in [9.17, 15) is 0 Å². The number of hydrogen-bond acceptors (Lipinski definition) is 3. The van der Waals surface area contributed by atoms with Crippen LogP contribution in [0.15, 0.2) is 79.1 Å². The largest absolute Gasteiger partial charge is 0.457 e. The Morgan fingerprint density at radius 2 is 1.71 bits per heavy atom. The molecule has 0 atom stereocenters. The first-order valence-electron chi connectivity index (χ1n) is 6.86. The van der Waals surface area contributed by atoms with Gasteiger partial charge in [0.05, 0.1) is 5.69 Å². The van der Waals surface area contributed by atoms with Crippen LogP contribution in [0.4, 0.5) is 5.69 Å². The fourth-order valence-electron chi connectivity index (χ4n) is 2.02. The van der Waals surface area contributed by atoms with Crippen molar-refractivity contribution in [1.82, 2.24) is 4.98 Å². The summed E-state index contributed by atoms with van der Waals surface area (Å²) in [5.41, 5.74) is 2.17. The van der Waals surface area contributed by atoms with Gasteiger partial charge in [-0.15, -0.1) is 0 Å². The van der Waals surface area contributed by atoms with E-state index in [2.05, 4.69) is 16.4 Å². The highest BCUT2D eigenvalue weighted by Gasteiger charge is 1.99. The molecular formula is C18H16N2O. The van der Waals surface area contributed by atoms with Crippen molar-refractivity contribution in [2.75, 3.05) is 5.32 Å². The molecule has 3 aromatic rings. The molecule has 3 heteroatoms. The van der Waals surface area contributed by atoms with Crippen molar-refractivity contribution in [2.24, 2.45) is 0 Å². The lowest BCUT2D eigenvalue weighted by Crippen LogP contribution is -1.99. The molecule has 21 heavy (non-hydrogen) atoms. The van der Waals surface area contributed by atoms with Gasteiger partial charge in [0.2, 0.25) is 0 Å². The van der Waals surface area contributed by atoms with E-state index in [1.165, 1.54) is 0 Å². The van der Waals surface area contributed by atoms with Crippen LogP contribution >= 0.6 is 0 Å². The number of nitrogens with zero attached hydrogens (tertiary/aromatic N) is 1. The van der Waals surface area contributed by atoms with E-state index in [1.807, 2.05) is 66.9 Å². The van der Waals surface area contributed by atoms with E-state index < -0.39 is 0 Å². The summed E-state index contributed by atoms with van der Waals surface area (Å²) in [6.07, 6.45) is 3.57. The van der Waals surface area contributed by atoms with Crippen LogP contribution in [0, 0.1) is 0 Å². The molecule has 0 unspecified atom stereocenters. The quantitative estimate of drug-likeness (QED) is 0.745. The van der Waals surface area contributed by atoms with Crippen LogP contribution in [0.1, 0.15) is 5.56 Å². The highest BCUT2D eigenvalue weighted by Crippen LogP contribution is 2.22. The van der Waals surface area contributed by atoms with Gasteiger partial charge < -0.3 is 10.1 Å². The summed E-state index contributed by atoms with van der Waals surface area (Å²) < 4.78 is 5.83. The molecule has 0 saturated heterocycles. The Hall–Kier alpha value is -2.81. The van der Waals surface area contributed by atoms with Gasteiger partial charge in [-0.2, -0.15) is 0 Å². The van der Waals surface area contributed by atoms with E-state index in [0.29, 0.717) is 0 Å². The molecule has 0 aliphatic rings. The second-order valence-corrected chi connectivity index (χ2v) is 4.66. The van der Waals surface area contributed by atoms with Gasteiger partial charge >= 0.3 is 0 Å². The molecule has 1 heterocycles. The maximum atomic E-state index is 5.83. The van der Waals surface area contributed by atoms with Crippen molar-refractivity contribution >= 4 is 5.69 Å². The Morgan fingerprint density at radius 3 is 2.52 bits per heavy atom. The van der Waals surface area contributed by atoms with E-state index in [-0.39, 0.29) is 0 Å². The normalized spacial score (nSPS) is 10.1. The molecule has 0 amide bonds. The third-order valence-electron chi connectivity index (χ3n) is 3.04. The summed E-state index contributed by atoms with van der Waals surface area (Å²) in [4.78, 5) is 4.08. The molecule has 0 saturated carbocycles. The number of nitrogens with one attached hydrogen (secondary N) is 1. The molecule has 3 rings (SSSR count). The molecule has 1 aromatic heterocycles. The minimum atomic E-state index is 0.734. The number of para-hydroxylation sites is 1. The predicted molar refractivity (Wildman–Crippen MR) is 84.5 cm³/mol. The van der Waals surface area contributed by atoms with Gasteiger partial charge in [-0.3, -0.25) is 4.98 Å². The molecule has 0 fully saturated rings. The molecule has 0 bridgehead atoms. The van der Waals surface area contributed by atoms with Crippen molar-refractivity contribution in [1.29, 1.82) is 0 Å². The number of rotatable bonds is 5. The van der Waals surface area contributed by atoms with Gasteiger partial charge in [0.1, 0.15) is 11.5 Å². The number of pyridine rings is 1. The molecule has 0 aliphatic carbocycles. The smallest absolute Gasteiger partial charge is 0.127 e. The van der Waals surface area contributed by atoms with E-state index in [0.717, 1.165) is 29.3 Å². The zero-order chi connectivity index (χ0) is 14.3. The third-order valence-corrected chi connectivity index (χ3v) is 3.04. The monoisotopic (exact) mass is 276 g/mol. The fourth-order valence-corrected chi connectivity index (χ4v) is 2.02. The van der Waals surface area contributed by atoms with Gasteiger partial charge in [0.15, 0.2) is 0 Å². The van der Waals surface area contributed by atoms with Crippen LogP contribution in [0.25, 0.3) is 0 Å². The Bertz CT molecular complexity index is 684. The zero-order valence-electron chi connectivity index (χ0n) is 11.6. The van der Waals surface area contributed by atoms with Gasteiger partial charge in [0, 0.05) is 18.9 Å². The summed E-state index contributed by atoms with van der Waals surface area (Å²) in [6, 6.07) is 21.8. The van der Waals surface area contributed by atoms with Crippen LogP contribution in [-0.4, -0.2) is 4.98 Å². The molecule has 3 nitrogen and oxygen atoms in total. The minimum absolute atomic E-state index is 0.734. The van der Waals surface area contributed by atoms with Crippen molar-refractivity contribution in [3.63, 3.8) is 0 Å². The summed E-state index contributed by atoms with van der Waals surface area (Å²) in [5, 5.41) is 3.33. The van der Waals surface area contributed by atoms with Gasteiger partial charge in [-0.1, -0.05) is 30.3 Å².